The van der Waals surface area contributed by atoms with Crippen LogP contribution in [0.25, 0.3) is 0 Å². The lowest BCUT2D eigenvalue weighted by atomic mass is 10.0. The number of rotatable bonds is 4. The van der Waals surface area contributed by atoms with Crippen LogP contribution in [0.2, 0.25) is 0 Å². The molecule has 0 saturated carbocycles. The summed E-state index contributed by atoms with van der Waals surface area (Å²) in [4.78, 5) is 28.2. The number of carbonyl (C=O) groups excluding carboxylic acids is 2. The van der Waals surface area contributed by atoms with Gasteiger partial charge in [0, 0.05) is 38.9 Å². The van der Waals surface area contributed by atoms with Crippen LogP contribution >= 0.6 is 0 Å². The molecule has 7 nitrogen and oxygen atoms in total. The van der Waals surface area contributed by atoms with E-state index in [0.717, 1.165) is 48.7 Å². The topological polar surface area (TPSA) is 71.1 Å². The van der Waals surface area contributed by atoms with Crippen molar-refractivity contribution >= 4 is 23.4 Å². The van der Waals surface area contributed by atoms with E-state index < -0.39 is 11.7 Å². The van der Waals surface area contributed by atoms with Gasteiger partial charge in [-0.3, -0.25) is 9.69 Å². The van der Waals surface area contributed by atoms with Crippen molar-refractivity contribution in [1.82, 2.24) is 5.32 Å². The number of hydrogen-bond donors (Lipinski definition) is 1. The first-order valence-corrected chi connectivity index (χ1v) is 9.25. The molecular formula is C20H31N3O4. The Bertz CT molecular complexity index is 691. The van der Waals surface area contributed by atoms with Gasteiger partial charge >= 0.3 is 12.1 Å². The van der Waals surface area contributed by atoms with Gasteiger partial charge < -0.3 is 19.7 Å². The highest BCUT2D eigenvalue weighted by Crippen LogP contribution is 2.31. The molecule has 0 aromatic heterocycles. The number of hydrogen-bond acceptors (Lipinski definition) is 6. The third-order valence-electron chi connectivity index (χ3n) is 4.55. The summed E-state index contributed by atoms with van der Waals surface area (Å²) in [5.41, 5.74) is 2.87. The maximum Gasteiger partial charge on any atom is 0.414 e. The van der Waals surface area contributed by atoms with E-state index in [9.17, 15) is 9.59 Å². The molecule has 0 radical (unpaired) electrons. The lowest BCUT2D eigenvalue weighted by Crippen LogP contribution is -2.43. The Kier molecular flexibility index (Phi) is 6.70. The minimum atomic E-state index is -0.579. The average Bonchev–Trinajstić information content (AvgIpc) is 2.62. The summed E-state index contributed by atoms with van der Waals surface area (Å²) >= 11 is 0. The van der Waals surface area contributed by atoms with Crippen LogP contribution in [-0.4, -0.2) is 58.0 Å². The Morgan fingerprint density at radius 3 is 2.41 bits per heavy atom. The number of benzene rings is 1. The number of carbonyl (C=O) groups is 2. The van der Waals surface area contributed by atoms with Crippen LogP contribution in [0.15, 0.2) is 12.1 Å². The van der Waals surface area contributed by atoms with Crippen LogP contribution in [0.4, 0.5) is 16.2 Å². The lowest BCUT2D eigenvalue weighted by Gasteiger charge is -2.32. The summed E-state index contributed by atoms with van der Waals surface area (Å²) in [6.45, 7) is 11.0. The summed E-state index contributed by atoms with van der Waals surface area (Å²) in [6.07, 6.45) is -0.260. The zero-order chi connectivity index (χ0) is 20.2. The van der Waals surface area contributed by atoms with Crippen LogP contribution in [0.1, 0.15) is 31.9 Å². The van der Waals surface area contributed by atoms with Gasteiger partial charge in [0.15, 0.2) is 0 Å². The Morgan fingerprint density at radius 2 is 1.85 bits per heavy atom. The van der Waals surface area contributed by atoms with E-state index in [0.29, 0.717) is 0 Å². The second kappa shape index (κ2) is 8.61. The smallest absolute Gasteiger partial charge is 0.414 e. The number of esters is 1. The molecular weight excluding hydrogens is 346 g/mol. The third kappa shape index (κ3) is 5.60. The maximum absolute atomic E-state index is 12.6. The van der Waals surface area contributed by atoms with Crippen LogP contribution in [0, 0.1) is 6.92 Å². The van der Waals surface area contributed by atoms with Crippen molar-refractivity contribution in [2.75, 3.05) is 50.1 Å². The molecule has 1 aliphatic rings. The van der Waals surface area contributed by atoms with Crippen molar-refractivity contribution in [1.29, 1.82) is 0 Å². The van der Waals surface area contributed by atoms with E-state index in [1.54, 1.807) is 7.05 Å². The van der Waals surface area contributed by atoms with Crippen molar-refractivity contribution < 1.29 is 19.1 Å². The monoisotopic (exact) mass is 377 g/mol. The van der Waals surface area contributed by atoms with Gasteiger partial charge in [-0.15, -0.1) is 0 Å². The second-order valence-corrected chi connectivity index (χ2v) is 7.78. The van der Waals surface area contributed by atoms with Gasteiger partial charge in [-0.1, -0.05) is 0 Å². The van der Waals surface area contributed by atoms with Gasteiger partial charge in [-0.25, -0.2) is 4.79 Å². The molecule has 1 N–H and O–H groups in total. The second-order valence-electron chi connectivity index (χ2n) is 7.78. The van der Waals surface area contributed by atoms with Crippen LogP contribution in [0.3, 0.4) is 0 Å². The fraction of sp³-hybridized carbons (Fsp3) is 0.600. The van der Waals surface area contributed by atoms with E-state index >= 15 is 0 Å². The molecule has 0 spiro atoms. The van der Waals surface area contributed by atoms with Crippen molar-refractivity contribution in [2.45, 2.75) is 39.7 Å². The molecule has 1 amide bonds. The SMILES string of the molecule is COC(=O)Cc1cc(N2CCNCC2)cc(N(C)C(=O)OC(C)(C)C)c1C. The molecule has 0 aliphatic carbocycles. The summed E-state index contributed by atoms with van der Waals surface area (Å²) in [7, 11) is 3.07. The van der Waals surface area contributed by atoms with Gasteiger partial charge in [0.25, 0.3) is 0 Å². The van der Waals surface area contributed by atoms with Crippen molar-refractivity contribution in [3.8, 4) is 0 Å². The summed E-state index contributed by atoms with van der Waals surface area (Å²) < 4.78 is 10.3. The maximum atomic E-state index is 12.6. The summed E-state index contributed by atoms with van der Waals surface area (Å²) in [5.74, 6) is -0.304. The van der Waals surface area contributed by atoms with Gasteiger partial charge in [0.2, 0.25) is 0 Å². The van der Waals surface area contributed by atoms with Gasteiger partial charge in [0.1, 0.15) is 5.60 Å². The molecule has 1 aromatic rings. The van der Waals surface area contributed by atoms with E-state index in [1.807, 2.05) is 39.8 Å². The molecule has 0 unspecified atom stereocenters. The predicted octanol–water partition coefficient (Wildman–Crippen LogP) is 2.49. The fourth-order valence-corrected chi connectivity index (χ4v) is 3.04. The predicted molar refractivity (Wildman–Crippen MR) is 107 cm³/mol. The molecule has 1 aromatic carbocycles. The molecule has 1 fully saturated rings. The normalized spacial score (nSPS) is 14.7. The minimum Gasteiger partial charge on any atom is -0.469 e. The lowest BCUT2D eigenvalue weighted by molar-refractivity contribution is -0.139. The first kappa shape index (κ1) is 21.0. The van der Waals surface area contributed by atoms with Gasteiger partial charge in [0.05, 0.1) is 19.2 Å². The third-order valence-corrected chi connectivity index (χ3v) is 4.55. The van der Waals surface area contributed by atoms with E-state index in [2.05, 4.69) is 10.2 Å². The molecule has 7 heteroatoms. The Hall–Kier alpha value is -2.28. The molecule has 0 atom stereocenters. The number of anilines is 2. The molecule has 2 rings (SSSR count). The van der Waals surface area contributed by atoms with E-state index in [4.69, 9.17) is 9.47 Å². The molecule has 0 bridgehead atoms. The van der Waals surface area contributed by atoms with Gasteiger partial charge in [-0.05, 0) is 51.0 Å². The number of ether oxygens (including phenoxy) is 2. The number of nitrogens with zero attached hydrogens (tertiary/aromatic N) is 2. The van der Waals surface area contributed by atoms with Crippen molar-refractivity contribution in [2.24, 2.45) is 0 Å². The fourth-order valence-electron chi connectivity index (χ4n) is 3.04. The molecule has 150 valence electrons. The quantitative estimate of drug-likeness (QED) is 0.813. The number of amides is 1. The van der Waals surface area contributed by atoms with Crippen molar-refractivity contribution in [3.05, 3.63) is 23.3 Å². The number of methoxy groups -OCH3 is 1. The highest BCUT2D eigenvalue weighted by Gasteiger charge is 2.24. The van der Waals surface area contributed by atoms with Crippen LogP contribution in [-0.2, 0) is 20.7 Å². The van der Waals surface area contributed by atoms with E-state index in [-0.39, 0.29) is 12.4 Å². The van der Waals surface area contributed by atoms with E-state index in [1.165, 1.54) is 12.0 Å². The standard InChI is InChI=1S/C20H31N3O4/c1-14-15(12-18(24)26-6)11-16(23-9-7-21-8-10-23)13-17(14)22(5)19(25)27-20(2,3)4/h11,13,21H,7-10,12H2,1-6H3. The zero-order valence-electron chi connectivity index (χ0n) is 17.2. The molecule has 27 heavy (non-hydrogen) atoms. The number of nitrogens with one attached hydrogen (secondary N) is 1. The minimum absolute atomic E-state index is 0.164. The Labute approximate surface area is 161 Å². The summed E-state index contributed by atoms with van der Waals surface area (Å²) in [6, 6.07) is 4.01. The van der Waals surface area contributed by atoms with Gasteiger partial charge in [-0.2, -0.15) is 0 Å². The van der Waals surface area contributed by atoms with Crippen molar-refractivity contribution in [3.63, 3.8) is 0 Å². The molecule has 1 heterocycles. The van der Waals surface area contributed by atoms with Crippen LogP contribution in [0.5, 0.6) is 0 Å². The largest absolute Gasteiger partial charge is 0.469 e. The highest BCUT2D eigenvalue weighted by atomic mass is 16.6. The Morgan fingerprint density at radius 1 is 1.22 bits per heavy atom. The number of piperazine rings is 1. The molecule has 1 saturated heterocycles. The summed E-state index contributed by atoms with van der Waals surface area (Å²) in [5, 5.41) is 3.33. The molecule has 1 aliphatic heterocycles. The zero-order valence-corrected chi connectivity index (χ0v) is 17.2. The Balaban J connectivity index is 2.42. The first-order valence-electron chi connectivity index (χ1n) is 9.25. The first-order chi connectivity index (χ1) is 12.6. The van der Waals surface area contributed by atoms with Crippen LogP contribution < -0.4 is 15.1 Å². The highest BCUT2D eigenvalue weighted by molar-refractivity contribution is 5.90. The average molecular weight is 377 g/mol.